The van der Waals surface area contributed by atoms with Crippen molar-refractivity contribution in [3.05, 3.63) is 35.9 Å². The Balaban J connectivity index is 1.65. The third-order valence-corrected chi connectivity index (χ3v) is 5.68. The quantitative estimate of drug-likeness (QED) is 0.530. The molecule has 1 aliphatic heterocycles. The van der Waals surface area contributed by atoms with Gasteiger partial charge in [-0.15, -0.1) is 0 Å². The summed E-state index contributed by atoms with van der Waals surface area (Å²) in [4.78, 5) is 0. The molecule has 1 aliphatic rings. The number of aliphatic hydroxyl groups is 1. The van der Waals surface area contributed by atoms with E-state index in [1.807, 2.05) is 19.9 Å². The summed E-state index contributed by atoms with van der Waals surface area (Å²) in [6, 6.07) is 10.4. The molecule has 1 fully saturated rings. The number of ether oxygens (including phenoxy) is 4. The zero-order valence-corrected chi connectivity index (χ0v) is 18.9. The molecular formula is C24H40O5. The summed E-state index contributed by atoms with van der Waals surface area (Å²) in [6.45, 7) is 13.4. The predicted octanol–water partition coefficient (Wildman–Crippen LogP) is 4.22. The van der Waals surface area contributed by atoms with Crippen LogP contribution in [-0.4, -0.2) is 56.6 Å². The van der Waals surface area contributed by atoms with Crippen LogP contribution in [0.5, 0.6) is 0 Å². The fraction of sp³-hybridized carbons (Fsp3) is 0.750. The van der Waals surface area contributed by atoms with Crippen LogP contribution in [0.25, 0.3) is 0 Å². The first-order chi connectivity index (χ1) is 13.7. The second kappa shape index (κ2) is 10.9. The van der Waals surface area contributed by atoms with Crippen LogP contribution in [0.15, 0.2) is 30.3 Å². The van der Waals surface area contributed by atoms with E-state index < -0.39 is 5.79 Å². The van der Waals surface area contributed by atoms with Gasteiger partial charge in [-0.3, -0.25) is 0 Å². The lowest BCUT2D eigenvalue weighted by atomic mass is 9.89. The maximum atomic E-state index is 9.49. The third kappa shape index (κ3) is 8.35. The zero-order valence-electron chi connectivity index (χ0n) is 18.9. The molecule has 0 amide bonds. The normalized spacial score (nSPS) is 24.6. The minimum atomic E-state index is -0.544. The first-order valence-electron chi connectivity index (χ1n) is 10.8. The lowest BCUT2D eigenvalue weighted by Gasteiger charge is -2.29. The van der Waals surface area contributed by atoms with E-state index in [4.69, 9.17) is 18.9 Å². The molecule has 5 nitrogen and oxygen atoms in total. The lowest BCUT2D eigenvalue weighted by molar-refractivity contribution is -0.165. The minimum Gasteiger partial charge on any atom is -0.396 e. The van der Waals surface area contributed by atoms with Gasteiger partial charge in [-0.05, 0) is 25.3 Å². The van der Waals surface area contributed by atoms with Crippen molar-refractivity contribution < 1.29 is 24.1 Å². The Bertz CT molecular complexity index is 584. The van der Waals surface area contributed by atoms with Gasteiger partial charge in [0, 0.05) is 17.3 Å². The molecule has 3 atom stereocenters. The highest BCUT2D eigenvalue weighted by Gasteiger charge is 2.37. The van der Waals surface area contributed by atoms with Crippen LogP contribution >= 0.6 is 0 Å². The number of hydrogen-bond acceptors (Lipinski definition) is 5. The van der Waals surface area contributed by atoms with E-state index >= 15 is 0 Å². The van der Waals surface area contributed by atoms with Gasteiger partial charge in [-0.25, -0.2) is 0 Å². The van der Waals surface area contributed by atoms with Gasteiger partial charge in [-0.2, -0.15) is 0 Å². The summed E-state index contributed by atoms with van der Waals surface area (Å²) in [5.41, 5.74) is 1.03. The highest BCUT2D eigenvalue weighted by Crippen LogP contribution is 2.29. The Morgan fingerprint density at radius 2 is 1.79 bits per heavy atom. The van der Waals surface area contributed by atoms with E-state index in [0.717, 1.165) is 19.3 Å². The molecule has 1 aromatic rings. The van der Waals surface area contributed by atoms with Crippen LogP contribution in [0.2, 0.25) is 0 Å². The number of benzene rings is 1. The second-order valence-electron chi connectivity index (χ2n) is 9.66. The van der Waals surface area contributed by atoms with Gasteiger partial charge < -0.3 is 24.1 Å². The highest BCUT2D eigenvalue weighted by atomic mass is 16.7. The summed E-state index contributed by atoms with van der Waals surface area (Å²) in [6.07, 6.45) is 2.61. The molecule has 29 heavy (non-hydrogen) atoms. The lowest BCUT2D eigenvalue weighted by Crippen LogP contribution is -2.33. The second-order valence-corrected chi connectivity index (χ2v) is 9.66. The molecule has 3 unspecified atom stereocenters. The molecule has 0 aliphatic carbocycles. The van der Waals surface area contributed by atoms with Crippen molar-refractivity contribution in [1.29, 1.82) is 0 Å². The monoisotopic (exact) mass is 408 g/mol. The van der Waals surface area contributed by atoms with E-state index in [9.17, 15) is 5.11 Å². The molecule has 5 heteroatoms. The molecule has 2 rings (SSSR count). The molecule has 0 aromatic heterocycles. The predicted molar refractivity (Wildman–Crippen MR) is 115 cm³/mol. The van der Waals surface area contributed by atoms with Crippen molar-refractivity contribution in [3.8, 4) is 0 Å². The van der Waals surface area contributed by atoms with Crippen molar-refractivity contribution in [1.82, 2.24) is 0 Å². The molecule has 166 valence electrons. The van der Waals surface area contributed by atoms with E-state index in [2.05, 4.69) is 45.0 Å². The van der Waals surface area contributed by atoms with E-state index in [1.165, 1.54) is 5.56 Å². The Kier molecular flexibility index (Phi) is 9.11. The first kappa shape index (κ1) is 24.3. The van der Waals surface area contributed by atoms with Gasteiger partial charge >= 0.3 is 0 Å². The number of hydrogen-bond donors (Lipinski definition) is 1. The molecule has 0 radical (unpaired) electrons. The average Bonchev–Trinajstić information content (AvgIpc) is 3.08. The Labute approximate surface area is 176 Å². The van der Waals surface area contributed by atoms with Gasteiger partial charge in [-0.1, -0.05) is 58.0 Å². The van der Waals surface area contributed by atoms with Crippen molar-refractivity contribution in [2.24, 2.45) is 10.8 Å². The van der Waals surface area contributed by atoms with Gasteiger partial charge in [0.15, 0.2) is 5.79 Å². The molecule has 0 bridgehead atoms. The fourth-order valence-corrected chi connectivity index (χ4v) is 3.26. The van der Waals surface area contributed by atoms with Crippen LogP contribution in [0.3, 0.4) is 0 Å². The van der Waals surface area contributed by atoms with Crippen LogP contribution in [-0.2, 0) is 25.4 Å². The Morgan fingerprint density at radius 1 is 1.10 bits per heavy atom. The Morgan fingerprint density at radius 3 is 2.45 bits per heavy atom. The van der Waals surface area contributed by atoms with E-state index in [1.54, 1.807) is 0 Å². The smallest absolute Gasteiger partial charge is 0.166 e. The van der Waals surface area contributed by atoms with Gasteiger partial charge in [0.2, 0.25) is 0 Å². The topological polar surface area (TPSA) is 57.2 Å². The van der Waals surface area contributed by atoms with Crippen molar-refractivity contribution in [2.75, 3.05) is 39.6 Å². The summed E-state index contributed by atoms with van der Waals surface area (Å²) >= 11 is 0. The molecule has 1 heterocycles. The fourth-order valence-electron chi connectivity index (χ4n) is 3.26. The van der Waals surface area contributed by atoms with Crippen LogP contribution < -0.4 is 0 Å². The highest BCUT2D eigenvalue weighted by molar-refractivity contribution is 5.14. The SMILES string of the molecule is CCC(C)(CO)COCC(C)(C)COCC1COC(C)(CCc2ccccc2)O1. The van der Waals surface area contributed by atoms with Crippen molar-refractivity contribution in [2.45, 2.75) is 65.8 Å². The number of aliphatic hydroxyl groups excluding tert-OH is 1. The maximum Gasteiger partial charge on any atom is 0.166 e. The van der Waals surface area contributed by atoms with Crippen LogP contribution in [0.1, 0.15) is 53.0 Å². The number of aryl methyl sites for hydroxylation is 1. The van der Waals surface area contributed by atoms with Crippen molar-refractivity contribution in [3.63, 3.8) is 0 Å². The minimum absolute atomic E-state index is 0.0368. The average molecular weight is 409 g/mol. The molecule has 1 saturated heterocycles. The van der Waals surface area contributed by atoms with Gasteiger partial charge in [0.05, 0.1) is 39.6 Å². The summed E-state index contributed by atoms with van der Waals surface area (Å²) in [5.74, 6) is -0.544. The van der Waals surface area contributed by atoms with Gasteiger partial charge in [0.1, 0.15) is 6.10 Å². The maximum absolute atomic E-state index is 9.49. The van der Waals surface area contributed by atoms with Gasteiger partial charge in [0.25, 0.3) is 0 Å². The number of rotatable bonds is 13. The standard InChI is InChI=1S/C24H40O5/c1-6-23(4,16-25)19-27-18-22(2,3)17-26-14-21-15-28-24(5,29-21)13-12-20-10-8-7-9-11-20/h7-11,21,25H,6,12-19H2,1-5H3. The molecule has 1 aromatic carbocycles. The van der Waals surface area contributed by atoms with Crippen molar-refractivity contribution >= 4 is 0 Å². The summed E-state index contributed by atoms with van der Waals surface area (Å²) in [7, 11) is 0. The van der Waals surface area contributed by atoms with E-state index in [0.29, 0.717) is 33.0 Å². The summed E-state index contributed by atoms with van der Waals surface area (Å²) in [5, 5.41) is 9.49. The first-order valence-corrected chi connectivity index (χ1v) is 10.8. The Hall–Kier alpha value is -0.980. The molecular weight excluding hydrogens is 368 g/mol. The molecule has 0 saturated carbocycles. The zero-order chi connectivity index (χ0) is 21.4. The van der Waals surface area contributed by atoms with Crippen LogP contribution in [0, 0.1) is 10.8 Å². The largest absolute Gasteiger partial charge is 0.396 e. The van der Waals surface area contributed by atoms with E-state index in [-0.39, 0.29) is 23.5 Å². The molecule has 0 spiro atoms. The van der Waals surface area contributed by atoms with Crippen LogP contribution in [0.4, 0.5) is 0 Å². The summed E-state index contributed by atoms with van der Waals surface area (Å²) < 4.78 is 23.9. The third-order valence-electron chi connectivity index (χ3n) is 5.68. The molecule has 1 N–H and O–H groups in total.